The number of hydrogen-bond acceptors (Lipinski definition) is 3. The van der Waals surface area contributed by atoms with E-state index in [0.717, 1.165) is 18.4 Å². The van der Waals surface area contributed by atoms with Gasteiger partial charge in [-0.2, -0.15) is 17.0 Å². The fourth-order valence-electron chi connectivity index (χ4n) is 2.50. The van der Waals surface area contributed by atoms with E-state index >= 15 is 0 Å². The number of aromatic nitrogens is 1. The Balaban J connectivity index is 3.03. The molecule has 0 spiro atoms. The standard InChI is InChI=1S/C19H35N3O2S/c1-16(2)9-12-21(13-10-17(3)4)25(23,24)22(18(5)6)15-19-8-7-11-20-14-19/h7-8,11,14,16-18H,9-10,12-13,15H2,1-6H3. The highest BCUT2D eigenvalue weighted by atomic mass is 32.2. The monoisotopic (exact) mass is 369 g/mol. The van der Waals surface area contributed by atoms with Crippen LogP contribution in [0.5, 0.6) is 0 Å². The summed E-state index contributed by atoms with van der Waals surface area (Å²) in [4.78, 5) is 4.11. The van der Waals surface area contributed by atoms with Crippen molar-refractivity contribution >= 4 is 10.2 Å². The molecule has 1 aromatic rings. The van der Waals surface area contributed by atoms with Crippen molar-refractivity contribution in [1.82, 2.24) is 13.6 Å². The van der Waals surface area contributed by atoms with Crippen LogP contribution >= 0.6 is 0 Å². The van der Waals surface area contributed by atoms with E-state index in [9.17, 15) is 8.42 Å². The third-order valence-corrected chi connectivity index (χ3v) is 6.33. The number of rotatable bonds is 11. The van der Waals surface area contributed by atoms with Crippen molar-refractivity contribution in [2.75, 3.05) is 13.1 Å². The van der Waals surface area contributed by atoms with E-state index in [1.165, 1.54) is 0 Å². The zero-order chi connectivity index (χ0) is 19.0. The van der Waals surface area contributed by atoms with Crippen LogP contribution in [0.1, 0.15) is 59.9 Å². The second-order valence-electron chi connectivity index (χ2n) is 7.77. The molecule has 1 rings (SSSR count). The molecule has 0 saturated carbocycles. The highest BCUT2D eigenvalue weighted by molar-refractivity contribution is 7.86. The summed E-state index contributed by atoms with van der Waals surface area (Å²) in [7, 11) is -3.51. The summed E-state index contributed by atoms with van der Waals surface area (Å²) in [5.41, 5.74) is 0.910. The molecule has 0 amide bonds. The van der Waals surface area contributed by atoms with Crippen LogP contribution < -0.4 is 0 Å². The van der Waals surface area contributed by atoms with Crippen molar-refractivity contribution in [1.29, 1.82) is 0 Å². The van der Waals surface area contributed by atoms with Crippen molar-refractivity contribution in [3.8, 4) is 0 Å². The summed E-state index contributed by atoms with van der Waals surface area (Å²) >= 11 is 0. The molecular formula is C19H35N3O2S. The van der Waals surface area contributed by atoms with E-state index in [1.54, 1.807) is 21.0 Å². The maximum atomic E-state index is 13.3. The molecule has 25 heavy (non-hydrogen) atoms. The van der Waals surface area contributed by atoms with Crippen molar-refractivity contribution in [3.63, 3.8) is 0 Å². The third kappa shape index (κ3) is 7.42. The molecule has 0 unspecified atom stereocenters. The lowest BCUT2D eigenvalue weighted by molar-refractivity contribution is 0.284. The fourth-order valence-corrected chi connectivity index (χ4v) is 4.31. The van der Waals surface area contributed by atoms with Crippen LogP contribution in [0, 0.1) is 11.8 Å². The number of nitrogens with zero attached hydrogens (tertiary/aromatic N) is 3. The van der Waals surface area contributed by atoms with Crippen molar-refractivity contribution < 1.29 is 8.42 Å². The topological polar surface area (TPSA) is 53.5 Å². The number of hydrogen-bond donors (Lipinski definition) is 0. The Morgan fingerprint density at radius 3 is 1.96 bits per heavy atom. The quantitative estimate of drug-likeness (QED) is 0.594. The van der Waals surface area contributed by atoms with Crippen molar-refractivity contribution in [2.45, 2.75) is 67.0 Å². The van der Waals surface area contributed by atoms with Gasteiger partial charge in [0.25, 0.3) is 10.2 Å². The van der Waals surface area contributed by atoms with Crippen LogP contribution in [-0.4, -0.2) is 41.1 Å². The molecule has 0 atom stereocenters. The zero-order valence-corrected chi connectivity index (χ0v) is 17.5. The van der Waals surface area contributed by atoms with Gasteiger partial charge < -0.3 is 0 Å². The lowest BCUT2D eigenvalue weighted by Gasteiger charge is -2.33. The van der Waals surface area contributed by atoms with Crippen LogP contribution in [0.15, 0.2) is 24.5 Å². The molecule has 144 valence electrons. The van der Waals surface area contributed by atoms with Crippen molar-refractivity contribution in [3.05, 3.63) is 30.1 Å². The highest BCUT2D eigenvalue weighted by Gasteiger charge is 2.31. The Hall–Kier alpha value is -0.980. The predicted octanol–water partition coefficient (Wildman–Crippen LogP) is 3.93. The smallest absolute Gasteiger partial charge is 0.264 e. The van der Waals surface area contributed by atoms with Gasteiger partial charge in [0.2, 0.25) is 0 Å². The largest absolute Gasteiger partial charge is 0.282 e. The first-order valence-electron chi connectivity index (χ1n) is 9.30. The SMILES string of the molecule is CC(C)CCN(CCC(C)C)S(=O)(=O)N(Cc1cccnc1)C(C)C. The summed E-state index contributed by atoms with van der Waals surface area (Å²) in [5, 5.41) is 0. The zero-order valence-electron chi connectivity index (χ0n) is 16.6. The van der Waals surface area contributed by atoms with Crippen LogP contribution in [-0.2, 0) is 16.8 Å². The first-order chi connectivity index (χ1) is 11.6. The molecule has 0 aliphatic rings. The Bertz CT molecular complexity index is 574. The molecule has 1 aromatic heterocycles. The molecule has 0 fully saturated rings. The van der Waals surface area contributed by atoms with Gasteiger partial charge in [0.05, 0.1) is 0 Å². The van der Waals surface area contributed by atoms with Crippen LogP contribution in [0.3, 0.4) is 0 Å². The van der Waals surface area contributed by atoms with Gasteiger partial charge in [-0.1, -0.05) is 33.8 Å². The Kier molecular flexibility index (Phi) is 9.03. The molecule has 0 aromatic carbocycles. The van der Waals surface area contributed by atoms with Gasteiger partial charge in [0, 0.05) is 38.1 Å². The van der Waals surface area contributed by atoms with Gasteiger partial charge in [-0.3, -0.25) is 4.98 Å². The van der Waals surface area contributed by atoms with E-state index in [4.69, 9.17) is 0 Å². The second kappa shape index (κ2) is 10.2. The molecule has 0 saturated heterocycles. The Labute approximate surface area is 154 Å². The van der Waals surface area contributed by atoms with Gasteiger partial charge in [-0.15, -0.1) is 0 Å². The predicted molar refractivity (Wildman–Crippen MR) is 104 cm³/mol. The molecule has 1 heterocycles. The summed E-state index contributed by atoms with van der Waals surface area (Å²) < 4.78 is 29.9. The van der Waals surface area contributed by atoms with Gasteiger partial charge in [-0.05, 0) is 50.2 Å². The molecule has 0 bridgehead atoms. The minimum Gasteiger partial charge on any atom is -0.264 e. The van der Waals surface area contributed by atoms with Gasteiger partial charge in [0.1, 0.15) is 0 Å². The normalized spacial score (nSPS) is 12.9. The molecule has 0 N–H and O–H groups in total. The van der Waals surface area contributed by atoms with Crippen molar-refractivity contribution in [2.24, 2.45) is 11.8 Å². The first-order valence-corrected chi connectivity index (χ1v) is 10.7. The van der Waals surface area contributed by atoms with Crippen LogP contribution in [0.2, 0.25) is 0 Å². The molecule has 5 nitrogen and oxygen atoms in total. The molecule has 6 heteroatoms. The lowest BCUT2D eigenvalue weighted by atomic mass is 10.1. The minimum absolute atomic E-state index is 0.106. The maximum Gasteiger partial charge on any atom is 0.282 e. The Morgan fingerprint density at radius 2 is 1.56 bits per heavy atom. The third-order valence-electron chi connectivity index (χ3n) is 4.17. The summed E-state index contributed by atoms with van der Waals surface area (Å²) in [5.74, 6) is 0.949. The second-order valence-corrected chi connectivity index (χ2v) is 9.65. The molecule has 0 aliphatic carbocycles. The van der Waals surface area contributed by atoms with Gasteiger partial charge in [-0.25, -0.2) is 0 Å². The molecule has 0 radical (unpaired) electrons. The first kappa shape index (κ1) is 22.1. The summed E-state index contributed by atoms with van der Waals surface area (Å²) in [6.45, 7) is 13.9. The average molecular weight is 370 g/mol. The van der Waals surface area contributed by atoms with E-state index in [1.807, 2.05) is 26.0 Å². The summed E-state index contributed by atoms with van der Waals surface area (Å²) in [6.07, 6.45) is 5.18. The summed E-state index contributed by atoms with van der Waals surface area (Å²) in [6, 6.07) is 3.66. The van der Waals surface area contributed by atoms with E-state index < -0.39 is 10.2 Å². The average Bonchev–Trinajstić information content (AvgIpc) is 2.52. The van der Waals surface area contributed by atoms with E-state index in [0.29, 0.717) is 31.5 Å². The van der Waals surface area contributed by atoms with Crippen LogP contribution in [0.4, 0.5) is 0 Å². The lowest BCUT2D eigenvalue weighted by Crippen LogP contribution is -2.47. The van der Waals surface area contributed by atoms with E-state index in [2.05, 4.69) is 32.7 Å². The molecule has 0 aliphatic heterocycles. The minimum atomic E-state index is -3.51. The van der Waals surface area contributed by atoms with Gasteiger partial charge in [0.15, 0.2) is 0 Å². The van der Waals surface area contributed by atoms with E-state index in [-0.39, 0.29) is 6.04 Å². The van der Waals surface area contributed by atoms with Crippen LogP contribution in [0.25, 0.3) is 0 Å². The number of pyridine rings is 1. The molecular weight excluding hydrogens is 334 g/mol. The van der Waals surface area contributed by atoms with Gasteiger partial charge >= 0.3 is 0 Å². The maximum absolute atomic E-state index is 13.3. The Morgan fingerprint density at radius 1 is 1.00 bits per heavy atom. The fraction of sp³-hybridized carbons (Fsp3) is 0.737. The highest BCUT2D eigenvalue weighted by Crippen LogP contribution is 2.19.